The van der Waals surface area contributed by atoms with Gasteiger partial charge >= 0.3 is 17.7 Å². The van der Waals surface area contributed by atoms with E-state index < -0.39 is 28.6 Å². The predicted molar refractivity (Wildman–Crippen MR) is 102 cm³/mol. The van der Waals surface area contributed by atoms with Gasteiger partial charge in [0.1, 0.15) is 16.9 Å². The van der Waals surface area contributed by atoms with Crippen molar-refractivity contribution in [3.63, 3.8) is 0 Å². The highest BCUT2D eigenvalue weighted by molar-refractivity contribution is 7.19. The summed E-state index contributed by atoms with van der Waals surface area (Å²) < 4.78 is 15.6. The van der Waals surface area contributed by atoms with Crippen molar-refractivity contribution >= 4 is 39.3 Å². The monoisotopic (exact) mass is 411 g/mol. The minimum absolute atomic E-state index is 0.0407. The second-order valence-electron chi connectivity index (χ2n) is 6.78. The molecule has 0 radical (unpaired) electrons. The normalized spacial score (nSPS) is 12.3. The number of hydrogen-bond donors (Lipinski definition) is 1. The first-order valence-electron chi connectivity index (χ1n) is 8.26. The quantitative estimate of drug-likeness (QED) is 0.436. The molecular formula is C17H21N3O7S. The SMILES string of the molecule is COC(=O)[C@H](COc1ccc2nc(C)sc2c1[N+](=O)[O-])NC(=O)OC(C)(C)C. The molecule has 2 aromatic rings. The number of nitro benzene ring substituents is 1. The Morgan fingerprint density at radius 1 is 1.36 bits per heavy atom. The average Bonchev–Trinajstić information content (AvgIpc) is 2.95. The first kappa shape index (κ1) is 21.4. The number of amides is 1. The molecule has 0 aliphatic heterocycles. The molecule has 0 aliphatic rings. The van der Waals surface area contributed by atoms with Crippen LogP contribution in [0.25, 0.3) is 10.2 Å². The van der Waals surface area contributed by atoms with Crippen molar-refractivity contribution in [2.45, 2.75) is 39.3 Å². The molecule has 0 fully saturated rings. The average molecular weight is 411 g/mol. The fourth-order valence-electron chi connectivity index (χ4n) is 2.29. The molecule has 0 spiro atoms. The van der Waals surface area contributed by atoms with E-state index >= 15 is 0 Å². The summed E-state index contributed by atoms with van der Waals surface area (Å²) in [4.78, 5) is 39.1. The van der Waals surface area contributed by atoms with Crippen LogP contribution in [0.4, 0.5) is 10.5 Å². The molecule has 0 saturated carbocycles. The topological polar surface area (TPSA) is 130 Å². The van der Waals surface area contributed by atoms with Crippen LogP contribution in [0.1, 0.15) is 25.8 Å². The standard InChI is InChI=1S/C17H21N3O7S/c1-9-18-10-6-7-12(13(20(23)24)14(10)28-9)26-8-11(15(21)25-5)19-16(22)27-17(2,3)4/h6-7,11H,8H2,1-5H3,(H,19,22)/t11-/m0/s1. The molecule has 0 aliphatic carbocycles. The third kappa shape index (κ3) is 5.28. The number of hydrogen-bond acceptors (Lipinski definition) is 9. The Morgan fingerprint density at radius 2 is 2.04 bits per heavy atom. The highest BCUT2D eigenvalue weighted by Crippen LogP contribution is 2.38. The van der Waals surface area contributed by atoms with Crippen LogP contribution < -0.4 is 10.1 Å². The van der Waals surface area contributed by atoms with Gasteiger partial charge in [-0.1, -0.05) is 0 Å². The molecule has 0 bridgehead atoms. The molecular weight excluding hydrogens is 390 g/mol. The van der Waals surface area contributed by atoms with Gasteiger partial charge in [-0.3, -0.25) is 10.1 Å². The predicted octanol–water partition coefficient (Wildman–Crippen LogP) is 2.96. The second-order valence-corrected chi connectivity index (χ2v) is 7.99. The van der Waals surface area contributed by atoms with Gasteiger partial charge in [0, 0.05) is 0 Å². The lowest BCUT2D eigenvalue weighted by Gasteiger charge is -2.22. The Labute approximate surface area is 164 Å². The minimum atomic E-state index is -1.21. The summed E-state index contributed by atoms with van der Waals surface area (Å²) in [5, 5.41) is 14.6. The largest absolute Gasteiger partial charge is 0.484 e. The number of aromatic nitrogens is 1. The first-order chi connectivity index (χ1) is 13.0. The van der Waals surface area contributed by atoms with E-state index in [0.717, 1.165) is 7.11 Å². The minimum Gasteiger partial charge on any atom is -0.484 e. The number of fused-ring (bicyclic) bond motifs is 1. The number of nitro groups is 1. The van der Waals surface area contributed by atoms with E-state index in [9.17, 15) is 19.7 Å². The van der Waals surface area contributed by atoms with Crippen molar-refractivity contribution in [1.82, 2.24) is 10.3 Å². The Bertz CT molecular complexity index is 904. The molecule has 0 saturated heterocycles. The van der Waals surface area contributed by atoms with E-state index in [1.54, 1.807) is 33.8 Å². The number of carbonyl (C=O) groups excluding carboxylic acids is 2. The summed E-state index contributed by atoms with van der Waals surface area (Å²) in [5.41, 5.74) is -0.527. The number of aryl methyl sites for hydroxylation is 1. The van der Waals surface area contributed by atoms with Gasteiger partial charge in [0.25, 0.3) is 0 Å². The number of esters is 1. The van der Waals surface area contributed by atoms with Crippen LogP contribution in [0.2, 0.25) is 0 Å². The van der Waals surface area contributed by atoms with Crippen LogP contribution in [0.5, 0.6) is 5.75 Å². The van der Waals surface area contributed by atoms with Crippen LogP contribution in [-0.2, 0) is 14.3 Å². The number of benzene rings is 1. The maximum absolute atomic E-state index is 12.0. The van der Waals surface area contributed by atoms with Gasteiger partial charge in [0.2, 0.25) is 0 Å². The summed E-state index contributed by atoms with van der Waals surface area (Å²) in [6, 6.07) is 1.79. The zero-order chi connectivity index (χ0) is 21.1. The Morgan fingerprint density at radius 3 is 2.61 bits per heavy atom. The van der Waals surface area contributed by atoms with Gasteiger partial charge in [-0.15, -0.1) is 11.3 Å². The Hall–Kier alpha value is -2.95. The maximum atomic E-state index is 12.0. The number of carbonyl (C=O) groups is 2. The molecule has 1 N–H and O–H groups in total. The number of nitrogens with zero attached hydrogens (tertiary/aromatic N) is 2. The van der Waals surface area contributed by atoms with Crippen molar-refractivity contribution < 1.29 is 28.7 Å². The fourth-order valence-corrected chi connectivity index (χ4v) is 3.22. The first-order valence-corrected chi connectivity index (χ1v) is 9.08. The van der Waals surface area contributed by atoms with Gasteiger partial charge in [0.15, 0.2) is 11.8 Å². The maximum Gasteiger partial charge on any atom is 0.408 e. The van der Waals surface area contributed by atoms with Gasteiger partial charge in [-0.05, 0) is 39.8 Å². The summed E-state index contributed by atoms with van der Waals surface area (Å²) >= 11 is 1.17. The number of methoxy groups -OCH3 is 1. The molecule has 28 heavy (non-hydrogen) atoms. The van der Waals surface area contributed by atoms with Gasteiger partial charge in [-0.25, -0.2) is 14.6 Å². The number of thiazole rings is 1. The fraction of sp³-hybridized carbons (Fsp3) is 0.471. The third-order valence-electron chi connectivity index (χ3n) is 3.37. The second kappa shape index (κ2) is 8.38. The molecule has 1 atom stereocenters. The molecule has 152 valence electrons. The van der Waals surface area contributed by atoms with E-state index in [4.69, 9.17) is 9.47 Å². The van der Waals surface area contributed by atoms with Gasteiger partial charge in [0.05, 0.1) is 22.6 Å². The van der Waals surface area contributed by atoms with Crippen LogP contribution >= 0.6 is 11.3 Å². The van der Waals surface area contributed by atoms with E-state index in [-0.39, 0.29) is 18.0 Å². The summed E-state index contributed by atoms with van der Waals surface area (Å²) in [6.07, 6.45) is -0.838. The van der Waals surface area contributed by atoms with Gasteiger partial charge in [-0.2, -0.15) is 0 Å². The molecule has 10 nitrogen and oxygen atoms in total. The van der Waals surface area contributed by atoms with E-state index in [1.807, 2.05) is 0 Å². The number of alkyl carbamates (subject to hydrolysis) is 1. The molecule has 2 rings (SSSR count). The number of rotatable bonds is 6. The van der Waals surface area contributed by atoms with E-state index in [1.165, 1.54) is 17.4 Å². The van der Waals surface area contributed by atoms with E-state index in [2.05, 4.69) is 15.0 Å². The molecule has 1 amide bonds. The lowest BCUT2D eigenvalue weighted by atomic mass is 10.2. The lowest BCUT2D eigenvalue weighted by Crippen LogP contribution is -2.47. The molecule has 1 aromatic carbocycles. The molecule has 1 heterocycles. The highest BCUT2D eigenvalue weighted by atomic mass is 32.1. The van der Waals surface area contributed by atoms with Crippen molar-refractivity contribution in [2.24, 2.45) is 0 Å². The summed E-state index contributed by atoms with van der Waals surface area (Å²) in [6.45, 7) is 6.38. The zero-order valence-electron chi connectivity index (χ0n) is 16.1. The highest BCUT2D eigenvalue weighted by Gasteiger charge is 2.28. The van der Waals surface area contributed by atoms with Crippen molar-refractivity contribution in [3.05, 3.63) is 27.3 Å². The molecule has 1 aromatic heterocycles. The van der Waals surface area contributed by atoms with Crippen LogP contribution in [0.15, 0.2) is 12.1 Å². The van der Waals surface area contributed by atoms with Gasteiger partial charge < -0.3 is 19.5 Å². The van der Waals surface area contributed by atoms with Crippen LogP contribution in [-0.4, -0.2) is 47.3 Å². The van der Waals surface area contributed by atoms with Crippen LogP contribution in [0, 0.1) is 17.0 Å². The van der Waals surface area contributed by atoms with Crippen LogP contribution in [0.3, 0.4) is 0 Å². The number of nitrogens with one attached hydrogen (secondary N) is 1. The van der Waals surface area contributed by atoms with Crippen molar-refractivity contribution in [1.29, 1.82) is 0 Å². The van der Waals surface area contributed by atoms with Crippen molar-refractivity contribution in [3.8, 4) is 5.75 Å². The summed E-state index contributed by atoms with van der Waals surface area (Å²) in [7, 11) is 1.15. The van der Waals surface area contributed by atoms with Crippen molar-refractivity contribution in [2.75, 3.05) is 13.7 Å². The number of ether oxygens (including phenoxy) is 3. The smallest absolute Gasteiger partial charge is 0.408 e. The Kier molecular flexibility index (Phi) is 6.39. The summed E-state index contributed by atoms with van der Waals surface area (Å²) in [5.74, 6) is -0.815. The lowest BCUT2D eigenvalue weighted by molar-refractivity contribution is -0.383. The molecule has 11 heteroatoms. The zero-order valence-corrected chi connectivity index (χ0v) is 16.9. The third-order valence-corrected chi connectivity index (χ3v) is 4.36. The molecule has 0 unspecified atom stereocenters. The Balaban J connectivity index is 2.22. The van der Waals surface area contributed by atoms with E-state index in [0.29, 0.717) is 15.2 Å².